The maximum atomic E-state index is 5.00. The van der Waals surface area contributed by atoms with E-state index in [-0.39, 0.29) is 0 Å². The molecule has 0 saturated carbocycles. The van der Waals surface area contributed by atoms with Gasteiger partial charge in [0, 0.05) is 16.7 Å². The number of H-pyrrole nitrogens is 1. The van der Waals surface area contributed by atoms with Crippen LogP contribution < -0.4 is 0 Å². The van der Waals surface area contributed by atoms with E-state index >= 15 is 0 Å². The summed E-state index contributed by atoms with van der Waals surface area (Å²) in [6, 6.07) is 29.8. The van der Waals surface area contributed by atoms with Gasteiger partial charge in [0.25, 0.3) is 0 Å². The number of aromatic nitrogens is 2. The lowest BCUT2D eigenvalue weighted by Crippen LogP contribution is -1.99. The van der Waals surface area contributed by atoms with Crippen LogP contribution in [-0.2, 0) is 0 Å². The minimum Gasteiger partial charge on any atom is -0.337 e. The molecule has 0 radical (unpaired) electrons. The molecule has 0 atom stereocenters. The smallest absolute Gasteiger partial charge is 0.138 e. The molecule has 0 spiro atoms. The molecule has 1 N–H and O–H groups in total. The van der Waals surface area contributed by atoms with Crippen molar-refractivity contribution in [3.8, 4) is 33.9 Å². The van der Waals surface area contributed by atoms with Crippen molar-refractivity contribution in [2.45, 2.75) is 11.0 Å². The van der Waals surface area contributed by atoms with E-state index in [1.807, 2.05) is 12.1 Å². The Balaban J connectivity index is 1.53. The molecule has 1 aliphatic heterocycles. The predicted octanol–water partition coefficient (Wildman–Crippen LogP) is 7.28. The quantitative estimate of drug-likeness (QED) is 0.380. The fourth-order valence-electron chi connectivity index (χ4n) is 3.61. The second kappa shape index (κ2) is 8.52. The molecule has 5 rings (SSSR count). The number of rotatable bonds is 4. The monoisotopic (exact) mass is 414 g/mol. The number of hydrogen-bond acceptors (Lipinski definition) is 3. The molecule has 0 unspecified atom stereocenters. The van der Waals surface area contributed by atoms with Crippen molar-refractivity contribution in [1.82, 2.24) is 9.97 Å². The van der Waals surface area contributed by atoms with Crippen molar-refractivity contribution >= 4 is 23.5 Å². The van der Waals surface area contributed by atoms with E-state index in [9.17, 15) is 0 Å². The summed E-state index contributed by atoms with van der Waals surface area (Å²) < 4.78 is 0.564. The zero-order chi connectivity index (χ0) is 19.5. The number of nitrogens with zero attached hydrogens (tertiary/aromatic N) is 1. The summed E-state index contributed by atoms with van der Waals surface area (Å²) in [7, 11) is 0. The fourth-order valence-corrected chi connectivity index (χ4v) is 6.50. The summed E-state index contributed by atoms with van der Waals surface area (Å²) in [4.78, 5) is 8.59. The van der Waals surface area contributed by atoms with E-state index in [2.05, 4.69) is 101 Å². The van der Waals surface area contributed by atoms with Crippen LogP contribution in [0, 0.1) is 0 Å². The average Bonchev–Trinajstić information content (AvgIpc) is 3.27. The van der Waals surface area contributed by atoms with Gasteiger partial charge in [-0.3, -0.25) is 0 Å². The van der Waals surface area contributed by atoms with Crippen molar-refractivity contribution in [3.63, 3.8) is 0 Å². The highest BCUT2D eigenvalue weighted by molar-refractivity contribution is 8.16. The summed E-state index contributed by atoms with van der Waals surface area (Å²) in [6.45, 7) is 0. The topological polar surface area (TPSA) is 28.7 Å². The third kappa shape index (κ3) is 4.00. The zero-order valence-electron chi connectivity index (χ0n) is 16.0. The molecule has 144 valence electrons. The molecule has 3 aromatic carbocycles. The van der Waals surface area contributed by atoms with Crippen LogP contribution in [-0.4, -0.2) is 21.5 Å². The summed E-state index contributed by atoms with van der Waals surface area (Å²) in [5.74, 6) is 3.44. The van der Waals surface area contributed by atoms with Gasteiger partial charge in [-0.25, -0.2) is 4.98 Å². The molecule has 2 heterocycles. The first kappa shape index (κ1) is 18.6. The summed E-state index contributed by atoms with van der Waals surface area (Å²) in [5, 5.41) is 0. The first-order valence-corrected chi connectivity index (χ1v) is 12.0. The Morgan fingerprint density at radius 1 is 0.690 bits per heavy atom. The Labute approximate surface area is 180 Å². The highest BCUT2D eigenvalue weighted by Gasteiger charge is 2.18. The normalized spacial score (nSPS) is 14.8. The molecule has 0 bridgehead atoms. The van der Waals surface area contributed by atoms with Gasteiger partial charge in [-0.2, -0.15) is 0 Å². The largest absolute Gasteiger partial charge is 0.337 e. The Bertz CT molecular complexity index is 1010. The number of thioether (sulfide) groups is 2. The Kier molecular flexibility index (Phi) is 5.46. The molecule has 0 aliphatic carbocycles. The lowest BCUT2D eigenvalue weighted by Gasteiger charge is -2.21. The van der Waals surface area contributed by atoms with Crippen molar-refractivity contribution < 1.29 is 0 Å². The van der Waals surface area contributed by atoms with Gasteiger partial charge in [-0.1, -0.05) is 84.9 Å². The number of imidazole rings is 1. The molecule has 4 heteroatoms. The highest BCUT2D eigenvalue weighted by atomic mass is 32.2. The fraction of sp³-hybridized carbons (Fsp3) is 0.160. The van der Waals surface area contributed by atoms with Gasteiger partial charge in [0.05, 0.1) is 16.0 Å². The van der Waals surface area contributed by atoms with E-state index in [1.165, 1.54) is 23.5 Å². The van der Waals surface area contributed by atoms with Gasteiger partial charge in [0.1, 0.15) is 5.82 Å². The first-order chi connectivity index (χ1) is 14.4. The molecule has 0 amide bonds. The number of aromatic amines is 1. The van der Waals surface area contributed by atoms with Gasteiger partial charge in [0.2, 0.25) is 0 Å². The van der Waals surface area contributed by atoms with Gasteiger partial charge < -0.3 is 4.98 Å². The van der Waals surface area contributed by atoms with Gasteiger partial charge in [-0.05, 0) is 23.5 Å². The molecular formula is C25H22N2S2. The average molecular weight is 415 g/mol. The molecule has 1 fully saturated rings. The van der Waals surface area contributed by atoms with E-state index in [4.69, 9.17) is 4.98 Å². The lowest BCUT2D eigenvalue weighted by atomic mass is 10.1. The summed E-state index contributed by atoms with van der Waals surface area (Å²) in [6.07, 6.45) is 1.32. The highest BCUT2D eigenvalue weighted by Crippen LogP contribution is 2.44. The SMILES string of the molecule is c1ccc(-c2nc(-c3ccc(C4SCCCS4)cc3)[nH]c2-c2ccccc2)cc1. The van der Waals surface area contributed by atoms with Crippen molar-refractivity contribution in [1.29, 1.82) is 0 Å². The first-order valence-electron chi connectivity index (χ1n) is 9.93. The zero-order valence-corrected chi connectivity index (χ0v) is 17.7. The Hall–Kier alpha value is -2.43. The minimum absolute atomic E-state index is 0.564. The third-order valence-electron chi connectivity index (χ3n) is 5.10. The standard InChI is InChI=1S/C25H22N2S2/c1-3-8-18(9-4-1)22-23(19-10-5-2-6-11-19)27-24(26-22)20-12-14-21(15-13-20)25-28-16-7-17-29-25/h1-6,8-15,25H,7,16-17H2,(H,26,27). The van der Waals surface area contributed by atoms with Crippen LogP contribution in [0.25, 0.3) is 33.9 Å². The summed E-state index contributed by atoms with van der Waals surface area (Å²) >= 11 is 4.12. The van der Waals surface area contributed by atoms with Crippen LogP contribution in [0.4, 0.5) is 0 Å². The molecule has 29 heavy (non-hydrogen) atoms. The Morgan fingerprint density at radius 3 is 1.97 bits per heavy atom. The van der Waals surface area contributed by atoms with Crippen molar-refractivity contribution in [2.24, 2.45) is 0 Å². The third-order valence-corrected chi connectivity index (χ3v) is 8.11. The van der Waals surface area contributed by atoms with Crippen LogP contribution in [0.3, 0.4) is 0 Å². The molecular weight excluding hydrogens is 392 g/mol. The maximum absolute atomic E-state index is 5.00. The van der Waals surface area contributed by atoms with Crippen molar-refractivity contribution in [2.75, 3.05) is 11.5 Å². The van der Waals surface area contributed by atoms with E-state index in [1.54, 1.807) is 0 Å². The van der Waals surface area contributed by atoms with E-state index in [0.717, 1.165) is 33.9 Å². The second-order valence-electron chi connectivity index (χ2n) is 7.09. The number of benzene rings is 3. The number of hydrogen-bond donors (Lipinski definition) is 1. The van der Waals surface area contributed by atoms with Gasteiger partial charge >= 0.3 is 0 Å². The van der Waals surface area contributed by atoms with Crippen LogP contribution in [0.5, 0.6) is 0 Å². The molecule has 2 nitrogen and oxygen atoms in total. The van der Waals surface area contributed by atoms with Crippen LogP contribution >= 0.6 is 23.5 Å². The van der Waals surface area contributed by atoms with Crippen LogP contribution in [0.1, 0.15) is 16.6 Å². The molecule has 1 saturated heterocycles. The maximum Gasteiger partial charge on any atom is 0.138 e. The van der Waals surface area contributed by atoms with E-state index in [0.29, 0.717) is 4.58 Å². The molecule has 1 aliphatic rings. The van der Waals surface area contributed by atoms with Crippen LogP contribution in [0.2, 0.25) is 0 Å². The lowest BCUT2D eigenvalue weighted by molar-refractivity contribution is 1.10. The molecule has 1 aromatic heterocycles. The second-order valence-corrected chi connectivity index (χ2v) is 9.81. The van der Waals surface area contributed by atoms with Crippen LogP contribution in [0.15, 0.2) is 84.9 Å². The summed E-state index contributed by atoms with van der Waals surface area (Å²) in [5.41, 5.74) is 6.86. The number of nitrogens with one attached hydrogen (secondary N) is 1. The van der Waals surface area contributed by atoms with E-state index < -0.39 is 0 Å². The molecule has 4 aromatic rings. The van der Waals surface area contributed by atoms with Gasteiger partial charge in [-0.15, -0.1) is 23.5 Å². The van der Waals surface area contributed by atoms with Crippen molar-refractivity contribution in [3.05, 3.63) is 90.5 Å². The predicted molar refractivity (Wildman–Crippen MR) is 127 cm³/mol. The van der Waals surface area contributed by atoms with Gasteiger partial charge in [0.15, 0.2) is 0 Å². The minimum atomic E-state index is 0.564. The Morgan fingerprint density at radius 2 is 1.31 bits per heavy atom.